The highest BCUT2D eigenvalue weighted by atomic mass is 35.5. The Morgan fingerprint density at radius 3 is 2.65 bits per heavy atom. The highest BCUT2D eigenvalue weighted by Gasteiger charge is 2.21. The van der Waals surface area contributed by atoms with Crippen molar-refractivity contribution in [3.63, 3.8) is 0 Å². The molecule has 2 aromatic rings. The van der Waals surface area contributed by atoms with Crippen LogP contribution in [0.5, 0.6) is 5.75 Å². The van der Waals surface area contributed by atoms with Crippen molar-refractivity contribution in [2.24, 2.45) is 5.92 Å². The molecule has 2 N–H and O–H groups in total. The topological polar surface area (TPSA) is 63.2 Å². The summed E-state index contributed by atoms with van der Waals surface area (Å²) in [7, 11) is 1.60. The predicted octanol–water partition coefficient (Wildman–Crippen LogP) is 5.31. The van der Waals surface area contributed by atoms with Gasteiger partial charge in [0.1, 0.15) is 11.6 Å². The number of aromatic nitrogens is 1. The van der Waals surface area contributed by atoms with E-state index in [0.29, 0.717) is 22.3 Å². The molecule has 0 aliphatic heterocycles. The van der Waals surface area contributed by atoms with Crippen LogP contribution < -0.4 is 15.4 Å². The zero-order valence-corrected chi connectivity index (χ0v) is 15.9. The van der Waals surface area contributed by atoms with E-state index in [4.69, 9.17) is 16.3 Å². The van der Waals surface area contributed by atoms with Gasteiger partial charge >= 0.3 is 0 Å². The molecule has 1 aromatic carbocycles. The lowest BCUT2D eigenvalue weighted by molar-refractivity contribution is -0.120. The van der Waals surface area contributed by atoms with Gasteiger partial charge in [0.25, 0.3) is 0 Å². The van der Waals surface area contributed by atoms with E-state index in [1.165, 1.54) is 6.42 Å². The van der Waals surface area contributed by atoms with Crippen molar-refractivity contribution in [3.05, 3.63) is 41.0 Å². The predicted molar refractivity (Wildman–Crippen MR) is 105 cm³/mol. The number of hydrogen-bond acceptors (Lipinski definition) is 4. The largest absolute Gasteiger partial charge is 0.495 e. The molecule has 1 aliphatic carbocycles. The van der Waals surface area contributed by atoms with E-state index in [-0.39, 0.29) is 11.8 Å². The molecule has 26 heavy (non-hydrogen) atoms. The van der Waals surface area contributed by atoms with Crippen molar-refractivity contribution in [1.29, 1.82) is 0 Å². The zero-order valence-electron chi connectivity index (χ0n) is 15.1. The maximum absolute atomic E-state index is 12.3. The number of nitrogens with one attached hydrogen (secondary N) is 2. The van der Waals surface area contributed by atoms with Crippen LogP contribution in [0, 0.1) is 12.8 Å². The van der Waals surface area contributed by atoms with Gasteiger partial charge in [0.2, 0.25) is 5.91 Å². The van der Waals surface area contributed by atoms with E-state index in [2.05, 4.69) is 15.6 Å². The van der Waals surface area contributed by atoms with Gasteiger partial charge in [0.15, 0.2) is 0 Å². The molecular weight excluding hydrogens is 350 g/mol. The Hall–Kier alpha value is -2.27. The normalized spacial score (nSPS) is 14.7. The first kappa shape index (κ1) is 18.5. The van der Waals surface area contributed by atoms with Gasteiger partial charge < -0.3 is 15.4 Å². The molecule has 0 spiro atoms. The molecule has 0 saturated heterocycles. The van der Waals surface area contributed by atoms with Crippen molar-refractivity contribution in [2.75, 3.05) is 17.7 Å². The van der Waals surface area contributed by atoms with Crippen molar-refractivity contribution < 1.29 is 9.53 Å². The second-order valence-corrected chi connectivity index (χ2v) is 7.09. The number of nitrogens with zero attached hydrogens (tertiary/aromatic N) is 1. The monoisotopic (exact) mass is 373 g/mol. The SMILES string of the molecule is COc1cc(Cl)c(C)cc1Nc1ccc(NC(=O)C2CCCCC2)cn1. The first-order chi connectivity index (χ1) is 12.6. The Balaban J connectivity index is 1.66. The van der Waals surface area contributed by atoms with Gasteiger partial charge in [-0.1, -0.05) is 30.9 Å². The van der Waals surface area contributed by atoms with Crippen LogP contribution in [-0.4, -0.2) is 18.0 Å². The first-order valence-corrected chi connectivity index (χ1v) is 9.32. The standard InChI is InChI=1S/C20H24ClN3O2/c1-13-10-17(18(26-2)11-16(13)21)24-19-9-8-15(12-22-19)23-20(25)14-6-4-3-5-7-14/h8-12,14H,3-7H2,1-2H3,(H,22,24)(H,23,25). The highest BCUT2D eigenvalue weighted by Crippen LogP contribution is 2.32. The van der Waals surface area contributed by atoms with Gasteiger partial charge in [-0.3, -0.25) is 4.79 Å². The molecule has 5 nitrogen and oxygen atoms in total. The van der Waals surface area contributed by atoms with Gasteiger partial charge in [-0.15, -0.1) is 0 Å². The van der Waals surface area contributed by atoms with Crippen LogP contribution in [0.1, 0.15) is 37.7 Å². The zero-order chi connectivity index (χ0) is 18.5. The average molecular weight is 374 g/mol. The molecule has 6 heteroatoms. The molecular formula is C20H24ClN3O2. The third kappa shape index (κ3) is 4.47. The molecule has 1 saturated carbocycles. The van der Waals surface area contributed by atoms with Crippen LogP contribution in [-0.2, 0) is 4.79 Å². The van der Waals surface area contributed by atoms with Crippen molar-refractivity contribution in [3.8, 4) is 5.75 Å². The molecule has 1 amide bonds. The number of rotatable bonds is 5. The van der Waals surface area contributed by atoms with Crippen LogP contribution in [0.4, 0.5) is 17.2 Å². The fourth-order valence-electron chi connectivity index (χ4n) is 3.22. The van der Waals surface area contributed by atoms with E-state index >= 15 is 0 Å². The molecule has 1 aliphatic rings. The molecule has 0 bridgehead atoms. The second-order valence-electron chi connectivity index (χ2n) is 6.68. The van der Waals surface area contributed by atoms with Crippen LogP contribution in [0.3, 0.4) is 0 Å². The molecule has 3 rings (SSSR count). The summed E-state index contributed by atoms with van der Waals surface area (Å²) in [6.45, 7) is 1.93. The van der Waals surface area contributed by atoms with E-state index < -0.39 is 0 Å². The Morgan fingerprint density at radius 2 is 2.00 bits per heavy atom. The fraction of sp³-hybridized carbons (Fsp3) is 0.400. The summed E-state index contributed by atoms with van der Waals surface area (Å²) in [5.74, 6) is 1.54. The van der Waals surface area contributed by atoms with E-state index in [9.17, 15) is 4.79 Å². The number of methoxy groups -OCH3 is 1. The highest BCUT2D eigenvalue weighted by molar-refractivity contribution is 6.31. The molecule has 0 radical (unpaired) electrons. The second kappa shape index (κ2) is 8.41. The van der Waals surface area contributed by atoms with Gasteiger partial charge in [0.05, 0.1) is 24.7 Å². The summed E-state index contributed by atoms with van der Waals surface area (Å²) in [5, 5.41) is 6.85. The third-order valence-corrected chi connectivity index (χ3v) is 5.16. The number of carbonyl (C=O) groups is 1. The van der Waals surface area contributed by atoms with E-state index in [0.717, 1.165) is 36.9 Å². The number of aryl methyl sites for hydroxylation is 1. The Bertz CT molecular complexity index is 771. The fourth-order valence-corrected chi connectivity index (χ4v) is 3.37. The summed E-state index contributed by atoms with van der Waals surface area (Å²) >= 11 is 6.14. The minimum Gasteiger partial charge on any atom is -0.495 e. The lowest BCUT2D eigenvalue weighted by Gasteiger charge is -2.20. The van der Waals surface area contributed by atoms with Crippen LogP contribution in [0.2, 0.25) is 5.02 Å². The minimum absolute atomic E-state index is 0.0993. The van der Waals surface area contributed by atoms with Gasteiger partial charge in [-0.2, -0.15) is 0 Å². The molecule has 1 fully saturated rings. The number of anilines is 3. The van der Waals surface area contributed by atoms with E-state index in [1.807, 2.05) is 25.1 Å². The van der Waals surface area contributed by atoms with Crippen LogP contribution >= 0.6 is 11.6 Å². The summed E-state index contributed by atoms with van der Waals surface area (Å²) < 4.78 is 5.37. The lowest BCUT2D eigenvalue weighted by Crippen LogP contribution is -2.24. The summed E-state index contributed by atoms with van der Waals surface area (Å²) in [4.78, 5) is 16.7. The molecule has 1 aromatic heterocycles. The smallest absolute Gasteiger partial charge is 0.227 e. The summed E-state index contributed by atoms with van der Waals surface area (Å²) in [6.07, 6.45) is 7.14. The van der Waals surface area contributed by atoms with E-state index in [1.54, 1.807) is 19.4 Å². The molecule has 0 atom stereocenters. The Morgan fingerprint density at radius 1 is 1.23 bits per heavy atom. The summed E-state index contributed by atoms with van der Waals surface area (Å²) in [6, 6.07) is 7.38. The number of carbonyl (C=O) groups excluding carboxylic acids is 1. The van der Waals surface area contributed by atoms with Crippen LogP contribution in [0.15, 0.2) is 30.5 Å². The van der Waals surface area contributed by atoms with Crippen molar-refractivity contribution in [1.82, 2.24) is 4.98 Å². The number of amides is 1. The van der Waals surface area contributed by atoms with Crippen molar-refractivity contribution >= 4 is 34.7 Å². The number of ether oxygens (including phenoxy) is 1. The Kier molecular flexibility index (Phi) is 5.99. The first-order valence-electron chi connectivity index (χ1n) is 8.95. The third-order valence-electron chi connectivity index (χ3n) is 4.75. The van der Waals surface area contributed by atoms with Crippen LogP contribution in [0.25, 0.3) is 0 Å². The average Bonchev–Trinajstić information content (AvgIpc) is 2.66. The molecule has 0 unspecified atom stereocenters. The minimum atomic E-state index is 0.0993. The van der Waals surface area contributed by atoms with Gasteiger partial charge in [-0.25, -0.2) is 4.98 Å². The number of benzene rings is 1. The quantitative estimate of drug-likeness (QED) is 0.745. The molecule has 138 valence electrons. The Labute approximate surface area is 159 Å². The lowest BCUT2D eigenvalue weighted by atomic mass is 9.88. The van der Waals surface area contributed by atoms with Gasteiger partial charge in [-0.05, 0) is 43.5 Å². The maximum atomic E-state index is 12.3. The number of pyridine rings is 1. The number of halogens is 1. The maximum Gasteiger partial charge on any atom is 0.227 e. The summed E-state index contributed by atoms with van der Waals surface area (Å²) in [5.41, 5.74) is 2.46. The van der Waals surface area contributed by atoms with Crippen molar-refractivity contribution in [2.45, 2.75) is 39.0 Å². The molecule has 1 heterocycles. The number of hydrogen-bond donors (Lipinski definition) is 2. The van der Waals surface area contributed by atoms with Gasteiger partial charge in [0, 0.05) is 17.0 Å².